The predicted molar refractivity (Wildman–Crippen MR) is 111 cm³/mol. The molecule has 1 aliphatic rings. The number of benzene rings is 2. The number of nitrogens with one attached hydrogen (secondary N) is 1. The van der Waals surface area contributed by atoms with Gasteiger partial charge in [0, 0.05) is 36.2 Å². The number of hydrogen-bond donors (Lipinski definition) is 2. The Morgan fingerprint density at radius 3 is 2.50 bits per heavy atom. The summed E-state index contributed by atoms with van der Waals surface area (Å²) >= 11 is 3.30. The molecule has 1 heterocycles. The van der Waals surface area contributed by atoms with Gasteiger partial charge in [0.2, 0.25) is 10.0 Å². The van der Waals surface area contributed by atoms with Crippen molar-refractivity contribution >= 4 is 37.8 Å². The van der Waals surface area contributed by atoms with Crippen LogP contribution in [0.2, 0.25) is 0 Å². The maximum Gasteiger partial charge on any atom is 0.259 e. The molecule has 160 valence electrons. The van der Waals surface area contributed by atoms with E-state index in [-0.39, 0.29) is 31.1 Å². The SMILES string of the molecule is NCCNC(=O)C1N(C(=O)c2cccc(Br)c2)CCN1S(=O)(=O)c1ccc(F)cc1. The molecule has 2 aromatic carbocycles. The van der Waals surface area contributed by atoms with Gasteiger partial charge in [-0.15, -0.1) is 0 Å². The maximum absolute atomic E-state index is 13.2. The fourth-order valence-corrected chi connectivity index (χ4v) is 5.10. The predicted octanol–water partition coefficient (Wildman–Crippen LogP) is 1.14. The van der Waals surface area contributed by atoms with Crippen LogP contribution in [-0.2, 0) is 14.8 Å². The first-order chi connectivity index (χ1) is 14.3. The van der Waals surface area contributed by atoms with Gasteiger partial charge in [0.25, 0.3) is 11.8 Å². The molecule has 0 radical (unpaired) electrons. The van der Waals surface area contributed by atoms with E-state index in [0.29, 0.717) is 10.0 Å². The van der Waals surface area contributed by atoms with Gasteiger partial charge >= 0.3 is 0 Å². The van der Waals surface area contributed by atoms with Crippen LogP contribution in [0.1, 0.15) is 10.4 Å². The van der Waals surface area contributed by atoms with Crippen molar-refractivity contribution in [3.8, 4) is 0 Å². The minimum absolute atomic E-state index is 0.0203. The maximum atomic E-state index is 13.2. The highest BCUT2D eigenvalue weighted by Crippen LogP contribution is 2.27. The quantitative estimate of drug-likeness (QED) is 0.619. The van der Waals surface area contributed by atoms with E-state index in [9.17, 15) is 22.4 Å². The molecule has 0 aromatic heterocycles. The van der Waals surface area contributed by atoms with Crippen LogP contribution in [-0.4, -0.2) is 61.8 Å². The van der Waals surface area contributed by atoms with Crippen LogP contribution in [0.4, 0.5) is 4.39 Å². The average molecular weight is 499 g/mol. The van der Waals surface area contributed by atoms with E-state index in [4.69, 9.17) is 5.73 Å². The Morgan fingerprint density at radius 1 is 1.17 bits per heavy atom. The first-order valence-electron chi connectivity index (χ1n) is 9.07. The third-order valence-electron chi connectivity index (χ3n) is 4.56. The van der Waals surface area contributed by atoms with Crippen molar-refractivity contribution in [2.45, 2.75) is 11.1 Å². The summed E-state index contributed by atoms with van der Waals surface area (Å²) < 4.78 is 41.2. The molecular formula is C19H20BrFN4O4S. The molecule has 0 bridgehead atoms. The first-order valence-corrected chi connectivity index (χ1v) is 11.3. The number of halogens is 2. The van der Waals surface area contributed by atoms with Crippen molar-refractivity contribution < 1.29 is 22.4 Å². The Hall–Kier alpha value is -2.34. The average Bonchev–Trinajstić information content (AvgIpc) is 3.18. The van der Waals surface area contributed by atoms with Gasteiger partial charge in [0.15, 0.2) is 6.17 Å². The fraction of sp³-hybridized carbons (Fsp3) is 0.263. The molecule has 1 saturated heterocycles. The number of nitrogens with two attached hydrogens (primary N) is 1. The lowest BCUT2D eigenvalue weighted by atomic mass is 10.2. The minimum atomic E-state index is -4.16. The van der Waals surface area contributed by atoms with Crippen LogP contribution in [0.15, 0.2) is 57.9 Å². The smallest absolute Gasteiger partial charge is 0.259 e. The highest BCUT2D eigenvalue weighted by atomic mass is 79.9. The molecule has 1 fully saturated rings. The lowest BCUT2D eigenvalue weighted by Gasteiger charge is -2.28. The summed E-state index contributed by atoms with van der Waals surface area (Å²) in [5.41, 5.74) is 5.74. The molecule has 0 saturated carbocycles. The molecule has 1 unspecified atom stereocenters. The van der Waals surface area contributed by atoms with Crippen molar-refractivity contribution in [2.24, 2.45) is 5.73 Å². The van der Waals surface area contributed by atoms with E-state index < -0.39 is 33.8 Å². The molecule has 0 spiro atoms. The molecule has 1 atom stereocenters. The molecule has 8 nitrogen and oxygen atoms in total. The second-order valence-electron chi connectivity index (χ2n) is 6.53. The van der Waals surface area contributed by atoms with Gasteiger partial charge in [-0.2, -0.15) is 4.31 Å². The Morgan fingerprint density at radius 2 is 1.87 bits per heavy atom. The van der Waals surface area contributed by atoms with Crippen molar-refractivity contribution in [3.05, 3.63) is 64.4 Å². The van der Waals surface area contributed by atoms with Crippen LogP contribution in [0.25, 0.3) is 0 Å². The highest BCUT2D eigenvalue weighted by molar-refractivity contribution is 9.10. The van der Waals surface area contributed by atoms with Crippen LogP contribution in [0.5, 0.6) is 0 Å². The molecule has 0 aliphatic carbocycles. The molecule has 2 amide bonds. The highest BCUT2D eigenvalue weighted by Gasteiger charge is 2.46. The van der Waals surface area contributed by atoms with Crippen molar-refractivity contribution in [1.82, 2.24) is 14.5 Å². The van der Waals surface area contributed by atoms with E-state index >= 15 is 0 Å². The topological polar surface area (TPSA) is 113 Å². The summed E-state index contributed by atoms with van der Waals surface area (Å²) in [4.78, 5) is 26.9. The Kier molecular flexibility index (Phi) is 6.86. The zero-order chi connectivity index (χ0) is 21.9. The third-order valence-corrected chi connectivity index (χ3v) is 6.92. The summed E-state index contributed by atoms with van der Waals surface area (Å²) in [5.74, 6) is -1.73. The number of hydrogen-bond acceptors (Lipinski definition) is 5. The van der Waals surface area contributed by atoms with Gasteiger partial charge in [-0.05, 0) is 42.5 Å². The van der Waals surface area contributed by atoms with E-state index in [0.717, 1.165) is 28.6 Å². The number of carbonyl (C=O) groups excluding carboxylic acids is 2. The van der Waals surface area contributed by atoms with Crippen LogP contribution >= 0.6 is 15.9 Å². The van der Waals surface area contributed by atoms with E-state index in [2.05, 4.69) is 21.2 Å². The third kappa shape index (κ3) is 4.53. The Labute approximate surface area is 182 Å². The van der Waals surface area contributed by atoms with Gasteiger partial charge in [-0.1, -0.05) is 22.0 Å². The summed E-state index contributed by atoms with van der Waals surface area (Å²) in [7, 11) is -4.16. The molecule has 11 heteroatoms. The lowest BCUT2D eigenvalue weighted by molar-refractivity contribution is -0.127. The largest absolute Gasteiger partial charge is 0.352 e. The molecule has 3 rings (SSSR count). The molecule has 30 heavy (non-hydrogen) atoms. The monoisotopic (exact) mass is 498 g/mol. The normalized spacial score (nSPS) is 17.2. The van der Waals surface area contributed by atoms with E-state index in [1.165, 1.54) is 4.90 Å². The second-order valence-corrected chi connectivity index (χ2v) is 9.34. The standard InChI is InChI=1S/C19H20BrFN4O4S/c20-14-3-1-2-13(12-14)19(27)24-10-11-25(18(24)17(26)23-9-8-22)30(28,29)16-6-4-15(21)5-7-16/h1-7,12,18H,8-11,22H2,(H,23,26). The van der Waals surface area contributed by atoms with Crippen LogP contribution < -0.4 is 11.1 Å². The zero-order valence-corrected chi connectivity index (χ0v) is 18.2. The number of rotatable bonds is 6. The van der Waals surface area contributed by atoms with Crippen molar-refractivity contribution in [1.29, 1.82) is 0 Å². The summed E-state index contributed by atoms with van der Waals surface area (Å²) in [5, 5.41) is 2.55. The summed E-state index contributed by atoms with van der Waals surface area (Å²) in [6.45, 7) is 0.216. The molecule has 2 aromatic rings. The first kappa shape index (κ1) is 22.3. The van der Waals surface area contributed by atoms with Gasteiger partial charge in [0.05, 0.1) is 4.90 Å². The summed E-state index contributed by atoms with van der Waals surface area (Å²) in [6, 6.07) is 10.9. The number of amides is 2. The van der Waals surface area contributed by atoms with Gasteiger partial charge in [-0.25, -0.2) is 12.8 Å². The van der Waals surface area contributed by atoms with Crippen LogP contribution in [0.3, 0.4) is 0 Å². The Balaban J connectivity index is 1.98. The fourth-order valence-electron chi connectivity index (χ4n) is 3.16. The molecular weight excluding hydrogens is 479 g/mol. The lowest BCUT2D eigenvalue weighted by Crippen LogP contribution is -2.54. The Bertz CT molecular complexity index is 1050. The second kappa shape index (κ2) is 9.21. The van der Waals surface area contributed by atoms with Crippen molar-refractivity contribution in [2.75, 3.05) is 26.2 Å². The zero-order valence-electron chi connectivity index (χ0n) is 15.8. The van der Waals surface area contributed by atoms with Gasteiger partial charge in [-0.3, -0.25) is 9.59 Å². The van der Waals surface area contributed by atoms with Gasteiger partial charge < -0.3 is 16.0 Å². The van der Waals surface area contributed by atoms with E-state index in [1.54, 1.807) is 24.3 Å². The number of nitrogens with zero attached hydrogens (tertiary/aromatic N) is 2. The van der Waals surface area contributed by atoms with Gasteiger partial charge in [0.1, 0.15) is 5.82 Å². The van der Waals surface area contributed by atoms with E-state index in [1.807, 2.05) is 0 Å². The number of carbonyl (C=O) groups is 2. The molecule has 1 aliphatic heterocycles. The molecule has 3 N–H and O–H groups in total. The summed E-state index contributed by atoms with van der Waals surface area (Å²) in [6.07, 6.45) is -1.39. The number of sulfonamides is 1. The van der Waals surface area contributed by atoms with Crippen molar-refractivity contribution in [3.63, 3.8) is 0 Å². The minimum Gasteiger partial charge on any atom is -0.352 e. The van der Waals surface area contributed by atoms with Crippen LogP contribution in [0, 0.1) is 5.82 Å².